The van der Waals surface area contributed by atoms with Gasteiger partial charge < -0.3 is 29.3 Å². The summed E-state index contributed by atoms with van der Waals surface area (Å²) in [5.41, 5.74) is 0. The Morgan fingerprint density at radius 2 is 2.00 bits per heavy atom. The second kappa shape index (κ2) is 7.12. The lowest BCUT2D eigenvalue weighted by molar-refractivity contribution is -0.224. The second-order valence-electron chi connectivity index (χ2n) is 6.36. The molecular formula is C14H27NO5S. The molecule has 0 unspecified atom stereocenters. The van der Waals surface area contributed by atoms with E-state index in [2.05, 4.69) is 4.90 Å². The summed E-state index contributed by atoms with van der Waals surface area (Å²) in [6.07, 6.45) is -2.24. The van der Waals surface area contributed by atoms with Crippen molar-refractivity contribution < 1.29 is 24.4 Å². The molecule has 0 aromatic heterocycles. The van der Waals surface area contributed by atoms with Gasteiger partial charge >= 0.3 is 0 Å². The molecule has 2 fully saturated rings. The molecule has 2 rings (SSSR count). The number of nitrogens with zero attached hydrogens (tertiary/aromatic N) is 1. The maximum absolute atomic E-state index is 10.2. The van der Waals surface area contributed by atoms with Crippen LogP contribution in [0.5, 0.6) is 0 Å². The molecule has 2 heterocycles. The van der Waals surface area contributed by atoms with Crippen LogP contribution in [-0.2, 0) is 14.2 Å². The lowest BCUT2D eigenvalue weighted by Crippen LogP contribution is -2.41. The van der Waals surface area contributed by atoms with E-state index in [9.17, 15) is 10.2 Å². The molecule has 0 aliphatic carbocycles. The predicted molar refractivity (Wildman–Crippen MR) is 81.2 cm³/mol. The third-order valence-corrected chi connectivity index (χ3v) is 4.77. The fourth-order valence-electron chi connectivity index (χ4n) is 2.62. The van der Waals surface area contributed by atoms with E-state index >= 15 is 0 Å². The number of hydrogen-bond acceptors (Lipinski definition) is 7. The van der Waals surface area contributed by atoms with E-state index in [0.29, 0.717) is 5.75 Å². The SMILES string of the molecule is CN(C)CCCSC[C@@H](O)[C@H]1O[C@@H]2OC(C)(C)O[C@@H]2[C@H]1O. The molecule has 2 aliphatic heterocycles. The van der Waals surface area contributed by atoms with Crippen molar-refractivity contribution in [3.05, 3.63) is 0 Å². The first kappa shape index (κ1) is 17.5. The van der Waals surface area contributed by atoms with Crippen molar-refractivity contribution in [1.82, 2.24) is 4.90 Å². The third kappa shape index (κ3) is 4.54. The number of hydrogen-bond donors (Lipinski definition) is 2. The van der Waals surface area contributed by atoms with Crippen LogP contribution < -0.4 is 0 Å². The maximum Gasteiger partial charge on any atom is 0.190 e. The van der Waals surface area contributed by atoms with Crippen LogP contribution in [-0.4, -0.2) is 83.8 Å². The minimum atomic E-state index is -0.853. The van der Waals surface area contributed by atoms with E-state index in [1.54, 1.807) is 25.6 Å². The fraction of sp³-hybridized carbons (Fsp3) is 1.00. The van der Waals surface area contributed by atoms with Crippen LogP contribution in [0.25, 0.3) is 0 Å². The van der Waals surface area contributed by atoms with Gasteiger partial charge in [-0.2, -0.15) is 11.8 Å². The Hall–Kier alpha value is 0.110. The van der Waals surface area contributed by atoms with Crippen molar-refractivity contribution in [3.8, 4) is 0 Å². The molecule has 2 N–H and O–H groups in total. The fourth-order valence-corrected chi connectivity index (χ4v) is 3.55. The van der Waals surface area contributed by atoms with Gasteiger partial charge in [0.05, 0.1) is 6.10 Å². The van der Waals surface area contributed by atoms with Crippen molar-refractivity contribution in [3.63, 3.8) is 0 Å². The van der Waals surface area contributed by atoms with Gasteiger partial charge in [0.15, 0.2) is 12.1 Å². The van der Waals surface area contributed by atoms with Gasteiger partial charge in [-0.05, 0) is 46.7 Å². The Morgan fingerprint density at radius 3 is 2.62 bits per heavy atom. The highest BCUT2D eigenvalue weighted by molar-refractivity contribution is 7.99. The Kier molecular flexibility index (Phi) is 5.92. The Labute approximate surface area is 130 Å². The number of fused-ring (bicyclic) bond motifs is 1. The van der Waals surface area contributed by atoms with E-state index in [-0.39, 0.29) is 0 Å². The molecule has 7 heteroatoms. The molecule has 0 radical (unpaired) electrons. The minimum Gasteiger partial charge on any atom is -0.389 e. The molecule has 2 aliphatic rings. The molecule has 0 aromatic rings. The standard InChI is InChI=1S/C14H27NO5S/c1-14(2)19-12-10(17)11(18-13(12)20-14)9(16)8-21-7-5-6-15(3)4/h9-13,16-17H,5-8H2,1-4H3/t9-,10+,11-,12-,13-/m1/s1. The minimum absolute atomic E-state index is 0.515. The monoisotopic (exact) mass is 321 g/mol. The average molecular weight is 321 g/mol. The summed E-state index contributed by atoms with van der Waals surface area (Å²) < 4.78 is 16.8. The van der Waals surface area contributed by atoms with E-state index in [4.69, 9.17) is 14.2 Å². The van der Waals surface area contributed by atoms with Gasteiger partial charge in [0.25, 0.3) is 0 Å². The van der Waals surface area contributed by atoms with E-state index < -0.39 is 36.5 Å². The zero-order chi connectivity index (χ0) is 15.6. The lowest BCUT2D eigenvalue weighted by Gasteiger charge is -2.25. The molecule has 21 heavy (non-hydrogen) atoms. The Bertz CT molecular complexity index is 341. The number of rotatable bonds is 7. The van der Waals surface area contributed by atoms with Crippen LogP contribution >= 0.6 is 11.8 Å². The number of aliphatic hydroxyl groups is 2. The van der Waals surface area contributed by atoms with Crippen LogP contribution in [0.3, 0.4) is 0 Å². The summed E-state index contributed by atoms with van der Waals surface area (Å²) in [6, 6.07) is 0. The maximum atomic E-state index is 10.2. The van der Waals surface area contributed by atoms with Gasteiger partial charge in [0, 0.05) is 5.75 Å². The first-order valence-corrected chi connectivity index (χ1v) is 8.55. The van der Waals surface area contributed by atoms with Crippen LogP contribution in [0.15, 0.2) is 0 Å². The van der Waals surface area contributed by atoms with Crippen LogP contribution in [0.1, 0.15) is 20.3 Å². The quantitative estimate of drug-likeness (QED) is 0.652. The van der Waals surface area contributed by atoms with Crippen LogP contribution in [0.2, 0.25) is 0 Å². The molecule has 2 saturated heterocycles. The summed E-state index contributed by atoms with van der Waals surface area (Å²) in [6.45, 7) is 4.60. The Morgan fingerprint density at radius 1 is 1.29 bits per heavy atom. The molecule has 6 nitrogen and oxygen atoms in total. The molecular weight excluding hydrogens is 294 g/mol. The zero-order valence-electron chi connectivity index (χ0n) is 13.2. The van der Waals surface area contributed by atoms with Gasteiger partial charge in [0.2, 0.25) is 0 Å². The number of thioether (sulfide) groups is 1. The smallest absolute Gasteiger partial charge is 0.190 e. The zero-order valence-corrected chi connectivity index (χ0v) is 14.0. The lowest BCUT2D eigenvalue weighted by atomic mass is 10.1. The summed E-state index contributed by atoms with van der Waals surface area (Å²) in [7, 11) is 4.09. The summed E-state index contributed by atoms with van der Waals surface area (Å²) >= 11 is 1.67. The molecule has 0 bridgehead atoms. The van der Waals surface area contributed by atoms with Crippen LogP contribution in [0.4, 0.5) is 0 Å². The normalized spacial score (nSPS) is 36.1. The van der Waals surface area contributed by atoms with Crippen molar-refractivity contribution >= 4 is 11.8 Å². The topological polar surface area (TPSA) is 71.4 Å². The van der Waals surface area contributed by atoms with Crippen LogP contribution in [0, 0.1) is 0 Å². The average Bonchev–Trinajstić information content (AvgIpc) is 2.82. The van der Waals surface area contributed by atoms with Crippen molar-refractivity contribution in [2.75, 3.05) is 32.1 Å². The van der Waals surface area contributed by atoms with Crippen molar-refractivity contribution in [2.45, 2.75) is 56.8 Å². The molecule has 5 atom stereocenters. The molecule has 0 saturated carbocycles. The highest BCUT2D eigenvalue weighted by Gasteiger charge is 2.55. The first-order chi connectivity index (χ1) is 9.80. The van der Waals surface area contributed by atoms with E-state index in [1.165, 1.54) is 0 Å². The third-order valence-electron chi connectivity index (χ3n) is 3.61. The summed E-state index contributed by atoms with van der Waals surface area (Å²) in [5.74, 6) is 0.774. The van der Waals surface area contributed by atoms with Gasteiger partial charge in [-0.1, -0.05) is 0 Å². The summed E-state index contributed by atoms with van der Waals surface area (Å²) in [4.78, 5) is 2.14. The highest BCUT2D eigenvalue weighted by atomic mass is 32.2. The molecule has 124 valence electrons. The molecule has 0 spiro atoms. The van der Waals surface area contributed by atoms with Gasteiger partial charge in [0.1, 0.15) is 18.3 Å². The van der Waals surface area contributed by atoms with Gasteiger partial charge in [-0.25, -0.2) is 0 Å². The predicted octanol–water partition coefficient (Wildman–Crippen LogP) is 0.270. The van der Waals surface area contributed by atoms with Crippen molar-refractivity contribution in [1.29, 1.82) is 0 Å². The number of ether oxygens (including phenoxy) is 3. The van der Waals surface area contributed by atoms with E-state index in [1.807, 2.05) is 14.1 Å². The largest absolute Gasteiger partial charge is 0.389 e. The summed E-state index contributed by atoms with van der Waals surface area (Å²) in [5, 5.41) is 20.4. The molecule has 0 aromatic carbocycles. The Balaban J connectivity index is 1.71. The second-order valence-corrected chi connectivity index (χ2v) is 7.51. The molecule has 0 amide bonds. The van der Waals surface area contributed by atoms with E-state index in [0.717, 1.165) is 18.7 Å². The van der Waals surface area contributed by atoms with Crippen molar-refractivity contribution in [2.24, 2.45) is 0 Å². The highest BCUT2D eigenvalue weighted by Crippen LogP contribution is 2.38. The van der Waals surface area contributed by atoms with Gasteiger partial charge in [-0.3, -0.25) is 0 Å². The number of aliphatic hydroxyl groups excluding tert-OH is 2. The van der Waals surface area contributed by atoms with Gasteiger partial charge in [-0.15, -0.1) is 0 Å². The first-order valence-electron chi connectivity index (χ1n) is 7.40.